The van der Waals surface area contributed by atoms with Crippen LogP contribution in [0, 0.1) is 11.6 Å². The third kappa shape index (κ3) is 5.51. The number of carbonyl (C=O) groups is 1. The van der Waals surface area contributed by atoms with Gasteiger partial charge in [-0.3, -0.25) is 4.79 Å². The van der Waals surface area contributed by atoms with Crippen molar-refractivity contribution in [3.05, 3.63) is 89.1 Å². The highest BCUT2D eigenvalue weighted by molar-refractivity contribution is 5.98. The molecule has 1 amide bonds. The number of aromatic hydroxyl groups is 1. The van der Waals surface area contributed by atoms with Gasteiger partial charge in [0.1, 0.15) is 11.6 Å². The molecule has 29 heavy (non-hydrogen) atoms. The smallest absolute Gasteiger partial charge is 0.255 e. The van der Waals surface area contributed by atoms with Crippen molar-refractivity contribution in [1.82, 2.24) is 10.3 Å². The molecule has 7 heteroatoms. The lowest BCUT2D eigenvalue weighted by Crippen LogP contribution is -2.27. The van der Waals surface area contributed by atoms with Crippen molar-refractivity contribution in [2.24, 2.45) is 0 Å². The topological polar surface area (TPSA) is 74.2 Å². The van der Waals surface area contributed by atoms with Crippen molar-refractivity contribution in [3.63, 3.8) is 0 Å². The van der Waals surface area contributed by atoms with Crippen LogP contribution in [0.1, 0.15) is 21.5 Å². The first-order valence-corrected chi connectivity index (χ1v) is 9.22. The van der Waals surface area contributed by atoms with Crippen molar-refractivity contribution in [1.29, 1.82) is 0 Å². The highest BCUT2D eigenvalue weighted by atomic mass is 19.2. The molecule has 0 unspecified atom stereocenters. The average molecular weight is 397 g/mol. The molecule has 3 rings (SSSR count). The minimum atomic E-state index is -0.906. The normalized spacial score (nSPS) is 10.6. The number of aromatic nitrogens is 1. The molecule has 0 spiro atoms. The number of rotatable bonds is 8. The van der Waals surface area contributed by atoms with E-state index >= 15 is 0 Å². The van der Waals surface area contributed by atoms with E-state index in [-0.39, 0.29) is 18.2 Å². The van der Waals surface area contributed by atoms with Gasteiger partial charge < -0.3 is 15.7 Å². The quantitative estimate of drug-likeness (QED) is 0.542. The zero-order valence-electron chi connectivity index (χ0n) is 15.7. The fraction of sp³-hybridized carbons (Fsp3) is 0.182. The van der Waals surface area contributed by atoms with Crippen LogP contribution in [0.15, 0.2) is 60.8 Å². The third-order valence-corrected chi connectivity index (χ3v) is 4.41. The maximum Gasteiger partial charge on any atom is 0.255 e. The molecular formula is C22H21F2N3O2. The molecule has 0 saturated heterocycles. The molecule has 0 radical (unpaired) electrons. The Bertz CT molecular complexity index is 995. The van der Waals surface area contributed by atoms with E-state index in [4.69, 9.17) is 0 Å². The molecule has 2 aromatic carbocycles. The molecule has 0 aliphatic carbocycles. The van der Waals surface area contributed by atoms with Gasteiger partial charge in [-0.2, -0.15) is 0 Å². The number of halogens is 2. The summed E-state index contributed by atoms with van der Waals surface area (Å²) in [5, 5.41) is 15.7. The molecular weight excluding hydrogens is 376 g/mol. The van der Waals surface area contributed by atoms with E-state index in [1.165, 1.54) is 6.07 Å². The summed E-state index contributed by atoms with van der Waals surface area (Å²) in [6, 6.07) is 14.1. The lowest BCUT2D eigenvalue weighted by Gasteiger charge is -2.12. The summed E-state index contributed by atoms with van der Waals surface area (Å²) in [4.78, 5) is 16.7. The maximum atomic E-state index is 13.3. The summed E-state index contributed by atoms with van der Waals surface area (Å²) in [5.74, 6) is -1.45. The molecule has 5 nitrogen and oxygen atoms in total. The van der Waals surface area contributed by atoms with Crippen LogP contribution in [0.5, 0.6) is 5.75 Å². The minimum Gasteiger partial charge on any atom is -0.508 e. The van der Waals surface area contributed by atoms with Gasteiger partial charge in [0.05, 0.1) is 5.56 Å². The molecule has 1 heterocycles. The van der Waals surface area contributed by atoms with E-state index in [9.17, 15) is 18.7 Å². The molecule has 3 aromatic rings. The van der Waals surface area contributed by atoms with Crippen LogP contribution in [-0.4, -0.2) is 29.1 Å². The zero-order chi connectivity index (χ0) is 20.6. The van der Waals surface area contributed by atoms with Crippen molar-refractivity contribution in [2.45, 2.75) is 12.8 Å². The van der Waals surface area contributed by atoms with Gasteiger partial charge in [-0.25, -0.2) is 13.8 Å². The van der Waals surface area contributed by atoms with Crippen molar-refractivity contribution in [3.8, 4) is 5.75 Å². The molecule has 0 bridgehead atoms. The fourth-order valence-corrected chi connectivity index (χ4v) is 2.88. The first-order valence-electron chi connectivity index (χ1n) is 9.22. The summed E-state index contributed by atoms with van der Waals surface area (Å²) in [6.07, 6.45) is 2.53. The number of pyridine rings is 1. The van der Waals surface area contributed by atoms with E-state index in [2.05, 4.69) is 15.6 Å². The number of benzene rings is 2. The Kier molecular flexibility index (Phi) is 6.73. The van der Waals surface area contributed by atoms with Gasteiger partial charge in [0, 0.05) is 19.3 Å². The van der Waals surface area contributed by atoms with E-state index < -0.39 is 11.6 Å². The average Bonchev–Trinajstić information content (AvgIpc) is 2.72. The first-order chi connectivity index (χ1) is 14.0. The Balaban J connectivity index is 1.55. The van der Waals surface area contributed by atoms with E-state index in [0.29, 0.717) is 36.3 Å². The molecule has 3 N–H and O–H groups in total. The van der Waals surface area contributed by atoms with Crippen LogP contribution >= 0.6 is 0 Å². The van der Waals surface area contributed by atoms with Gasteiger partial charge >= 0.3 is 0 Å². The standard InChI is InChI=1S/C22H21F2N3O2/c23-18-8-7-15(14-19(18)24)9-12-27-22(29)17-5-3-11-25-21(17)26-13-10-16-4-1-2-6-20(16)28/h1-8,11,14,28H,9-10,12-13H2,(H,25,26)(H,27,29). The number of anilines is 1. The van der Waals surface area contributed by atoms with Gasteiger partial charge in [-0.1, -0.05) is 24.3 Å². The zero-order valence-corrected chi connectivity index (χ0v) is 15.7. The molecule has 150 valence electrons. The minimum absolute atomic E-state index is 0.227. The van der Waals surface area contributed by atoms with Gasteiger partial charge in [-0.05, 0) is 54.3 Å². The van der Waals surface area contributed by atoms with Crippen LogP contribution in [0.3, 0.4) is 0 Å². The molecule has 0 aliphatic heterocycles. The number of amides is 1. The SMILES string of the molecule is O=C(NCCc1ccc(F)c(F)c1)c1cccnc1NCCc1ccccc1O. The predicted octanol–water partition coefficient (Wildman–Crippen LogP) is 3.69. The summed E-state index contributed by atoms with van der Waals surface area (Å²) >= 11 is 0. The Morgan fingerprint density at radius 3 is 2.59 bits per heavy atom. The highest BCUT2D eigenvalue weighted by Crippen LogP contribution is 2.17. The number of carbonyl (C=O) groups excluding carboxylic acids is 1. The second-order valence-corrected chi connectivity index (χ2v) is 6.46. The number of nitrogens with zero attached hydrogens (tertiary/aromatic N) is 1. The van der Waals surface area contributed by atoms with Crippen molar-refractivity contribution >= 4 is 11.7 Å². The molecule has 0 aliphatic rings. The van der Waals surface area contributed by atoms with Gasteiger partial charge in [0.25, 0.3) is 5.91 Å². The Hall–Kier alpha value is -3.48. The number of hydrogen-bond donors (Lipinski definition) is 3. The molecule has 0 fully saturated rings. The fourth-order valence-electron chi connectivity index (χ4n) is 2.88. The number of para-hydroxylation sites is 1. The predicted molar refractivity (Wildman–Crippen MR) is 107 cm³/mol. The summed E-state index contributed by atoms with van der Waals surface area (Å²) in [7, 11) is 0. The maximum absolute atomic E-state index is 13.3. The largest absolute Gasteiger partial charge is 0.508 e. The van der Waals surface area contributed by atoms with Crippen LogP contribution in [-0.2, 0) is 12.8 Å². The van der Waals surface area contributed by atoms with Crippen molar-refractivity contribution in [2.75, 3.05) is 18.4 Å². The van der Waals surface area contributed by atoms with Crippen molar-refractivity contribution < 1.29 is 18.7 Å². The van der Waals surface area contributed by atoms with Crippen LogP contribution < -0.4 is 10.6 Å². The van der Waals surface area contributed by atoms with E-state index in [0.717, 1.165) is 17.7 Å². The molecule has 1 aromatic heterocycles. The van der Waals surface area contributed by atoms with E-state index in [1.54, 1.807) is 30.5 Å². The van der Waals surface area contributed by atoms with E-state index in [1.807, 2.05) is 12.1 Å². The Morgan fingerprint density at radius 1 is 0.966 bits per heavy atom. The summed E-state index contributed by atoms with van der Waals surface area (Å²) in [5.41, 5.74) is 1.78. The number of hydrogen-bond acceptors (Lipinski definition) is 4. The number of nitrogens with one attached hydrogen (secondary N) is 2. The monoisotopic (exact) mass is 397 g/mol. The summed E-state index contributed by atoms with van der Waals surface area (Å²) < 4.78 is 26.2. The molecule has 0 atom stereocenters. The van der Waals surface area contributed by atoms with Gasteiger partial charge in [0.15, 0.2) is 11.6 Å². The van der Waals surface area contributed by atoms with Crippen LogP contribution in [0.25, 0.3) is 0 Å². The second-order valence-electron chi connectivity index (χ2n) is 6.46. The van der Waals surface area contributed by atoms with Gasteiger partial charge in [-0.15, -0.1) is 0 Å². The molecule has 0 saturated carbocycles. The van der Waals surface area contributed by atoms with Crippen LogP contribution in [0.4, 0.5) is 14.6 Å². The lowest BCUT2D eigenvalue weighted by molar-refractivity contribution is 0.0954. The third-order valence-electron chi connectivity index (χ3n) is 4.41. The van der Waals surface area contributed by atoms with Gasteiger partial charge in [0.2, 0.25) is 0 Å². The number of phenolic OH excluding ortho intramolecular Hbond substituents is 1. The summed E-state index contributed by atoms with van der Waals surface area (Å²) in [6.45, 7) is 0.764. The second kappa shape index (κ2) is 9.64. The first kappa shape index (κ1) is 20.3. The van der Waals surface area contributed by atoms with Crippen LogP contribution in [0.2, 0.25) is 0 Å². The highest BCUT2D eigenvalue weighted by Gasteiger charge is 2.12. The Labute approximate surface area is 167 Å². The Morgan fingerprint density at radius 2 is 1.79 bits per heavy atom. The number of phenols is 1. The lowest BCUT2D eigenvalue weighted by atomic mass is 10.1.